The summed E-state index contributed by atoms with van der Waals surface area (Å²) in [7, 11) is 0. The first kappa shape index (κ1) is 13.6. The number of aromatic nitrogens is 3. The van der Waals surface area contributed by atoms with Crippen LogP contribution in [0.25, 0.3) is 0 Å². The minimum absolute atomic E-state index is 0.128. The lowest BCUT2D eigenvalue weighted by Gasteiger charge is -2.20. The standard InChI is InChI=1S/C13H16N4OS2/c18-13(8-17-10-14-9-15-17)16-4-3-12(20-7-5-16)11-2-1-6-19-11/h1-2,6,9-10,12H,3-5,7-8H2/t12-/m1/s1. The third-order valence-electron chi connectivity index (χ3n) is 3.32. The van der Waals surface area contributed by atoms with Crippen LogP contribution >= 0.6 is 23.1 Å². The van der Waals surface area contributed by atoms with Gasteiger partial charge >= 0.3 is 0 Å². The Morgan fingerprint density at radius 2 is 2.40 bits per heavy atom. The predicted octanol–water partition coefficient (Wildman–Crippen LogP) is 2.05. The first-order valence-corrected chi connectivity index (χ1v) is 8.51. The van der Waals surface area contributed by atoms with Crippen molar-refractivity contribution in [1.82, 2.24) is 19.7 Å². The number of hydrogen-bond donors (Lipinski definition) is 0. The Bertz CT molecular complexity index is 541. The highest BCUT2D eigenvalue weighted by Crippen LogP contribution is 2.36. The molecule has 0 bridgehead atoms. The monoisotopic (exact) mass is 308 g/mol. The molecule has 0 aromatic carbocycles. The second kappa shape index (κ2) is 6.41. The molecule has 3 heterocycles. The van der Waals surface area contributed by atoms with Gasteiger partial charge in [-0.2, -0.15) is 16.9 Å². The topological polar surface area (TPSA) is 51.0 Å². The van der Waals surface area contributed by atoms with E-state index in [9.17, 15) is 4.79 Å². The molecular weight excluding hydrogens is 292 g/mol. The zero-order valence-electron chi connectivity index (χ0n) is 11.0. The van der Waals surface area contributed by atoms with Gasteiger partial charge in [0.05, 0.1) is 0 Å². The van der Waals surface area contributed by atoms with Gasteiger partial charge in [0.2, 0.25) is 5.91 Å². The Morgan fingerprint density at radius 1 is 1.45 bits per heavy atom. The van der Waals surface area contributed by atoms with Crippen molar-refractivity contribution in [3.63, 3.8) is 0 Å². The molecule has 1 fully saturated rings. The summed E-state index contributed by atoms with van der Waals surface area (Å²) >= 11 is 3.76. The molecule has 106 valence electrons. The van der Waals surface area contributed by atoms with Crippen LogP contribution in [0.3, 0.4) is 0 Å². The van der Waals surface area contributed by atoms with Gasteiger partial charge in [-0.15, -0.1) is 11.3 Å². The Labute approximate surface area is 126 Å². The van der Waals surface area contributed by atoms with Gasteiger partial charge in [0.25, 0.3) is 0 Å². The van der Waals surface area contributed by atoms with Crippen LogP contribution in [0.5, 0.6) is 0 Å². The van der Waals surface area contributed by atoms with E-state index in [1.165, 1.54) is 11.2 Å². The molecule has 1 saturated heterocycles. The molecule has 7 heteroatoms. The molecule has 3 rings (SSSR count). The summed E-state index contributed by atoms with van der Waals surface area (Å²) in [5.74, 6) is 1.12. The lowest BCUT2D eigenvalue weighted by molar-refractivity contribution is -0.131. The van der Waals surface area contributed by atoms with E-state index in [4.69, 9.17) is 0 Å². The lowest BCUT2D eigenvalue weighted by Crippen LogP contribution is -2.35. The van der Waals surface area contributed by atoms with Crippen molar-refractivity contribution in [3.8, 4) is 0 Å². The molecule has 1 atom stereocenters. The van der Waals surface area contributed by atoms with Gasteiger partial charge < -0.3 is 4.90 Å². The fourth-order valence-electron chi connectivity index (χ4n) is 2.27. The molecule has 2 aromatic rings. The minimum Gasteiger partial charge on any atom is -0.340 e. The molecule has 20 heavy (non-hydrogen) atoms. The molecule has 0 N–H and O–H groups in total. The second-order valence-corrected chi connectivity index (χ2v) is 6.93. The molecule has 5 nitrogen and oxygen atoms in total. The fraction of sp³-hybridized carbons (Fsp3) is 0.462. The van der Waals surface area contributed by atoms with Crippen molar-refractivity contribution in [3.05, 3.63) is 35.0 Å². The van der Waals surface area contributed by atoms with Crippen LogP contribution in [0.4, 0.5) is 0 Å². The predicted molar refractivity (Wildman–Crippen MR) is 80.7 cm³/mol. The molecule has 0 unspecified atom stereocenters. The van der Waals surface area contributed by atoms with Gasteiger partial charge in [0, 0.05) is 29.0 Å². The first-order valence-electron chi connectivity index (χ1n) is 6.58. The van der Waals surface area contributed by atoms with Gasteiger partial charge in [0.1, 0.15) is 19.2 Å². The quantitative estimate of drug-likeness (QED) is 0.871. The Hall–Kier alpha value is -1.34. The van der Waals surface area contributed by atoms with Crippen LogP contribution in [0, 0.1) is 0 Å². The third-order valence-corrected chi connectivity index (χ3v) is 5.76. The van der Waals surface area contributed by atoms with Gasteiger partial charge in [-0.25, -0.2) is 9.67 Å². The average Bonchev–Trinajstić information content (AvgIpc) is 3.09. The zero-order chi connectivity index (χ0) is 13.8. The highest BCUT2D eigenvalue weighted by molar-refractivity contribution is 7.99. The Balaban J connectivity index is 1.58. The molecule has 1 aliphatic rings. The highest BCUT2D eigenvalue weighted by Gasteiger charge is 2.22. The number of carbonyl (C=O) groups is 1. The fourth-order valence-corrected chi connectivity index (χ4v) is 4.51. The van der Waals surface area contributed by atoms with E-state index in [1.807, 2.05) is 16.7 Å². The summed E-state index contributed by atoms with van der Waals surface area (Å²) in [6.07, 6.45) is 4.06. The number of amides is 1. The molecule has 1 aliphatic heterocycles. The number of thioether (sulfide) groups is 1. The van der Waals surface area contributed by atoms with Crippen molar-refractivity contribution in [1.29, 1.82) is 0 Å². The summed E-state index contributed by atoms with van der Waals surface area (Å²) in [5.41, 5.74) is 0. The van der Waals surface area contributed by atoms with Crippen LogP contribution in [-0.4, -0.2) is 44.4 Å². The van der Waals surface area contributed by atoms with Crippen LogP contribution < -0.4 is 0 Å². The summed E-state index contributed by atoms with van der Waals surface area (Å²) in [4.78, 5) is 19.5. The number of rotatable bonds is 3. The summed E-state index contributed by atoms with van der Waals surface area (Å²) in [5, 5.41) is 6.63. The maximum atomic E-state index is 12.2. The molecule has 0 spiro atoms. The van der Waals surface area contributed by atoms with Crippen LogP contribution in [0.15, 0.2) is 30.2 Å². The number of nitrogens with zero attached hydrogens (tertiary/aromatic N) is 4. The number of carbonyl (C=O) groups excluding carboxylic acids is 1. The lowest BCUT2D eigenvalue weighted by atomic mass is 10.2. The molecule has 2 aromatic heterocycles. The molecule has 0 saturated carbocycles. The van der Waals surface area contributed by atoms with Crippen LogP contribution in [-0.2, 0) is 11.3 Å². The molecular formula is C13H16N4OS2. The maximum Gasteiger partial charge on any atom is 0.244 e. The molecule has 1 amide bonds. The van der Waals surface area contributed by atoms with E-state index in [-0.39, 0.29) is 12.5 Å². The van der Waals surface area contributed by atoms with Gasteiger partial charge in [-0.3, -0.25) is 4.79 Å². The summed E-state index contributed by atoms with van der Waals surface area (Å²) < 4.78 is 1.58. The van der Waals surface area contributed by atoms with E-state index in [0.717, 1.165) is 25.3 Å². The normalized spacial score (nSPS) is 19.8. The zero-order valence-corrected chi connectivity index (χ0v) is 12.6. The third kappa shape index (κ3) is 3.21. The minimum atomic E-state index is 0.128. The van der Waals surface area contributed by atoms with E-state index >= 15 is 0 Å². The summed E-state index contributed by atoms with van der Waals surface area (Å²) in [6.45, 7) is 1.93. The molecule has 0 aliphatic carbocycles. The van der Waals surface area contributed by atoms with Crippen molar-refractivity contribution < 1.29 is 4.79 Å². The van der Waals surface area contributed by atoms with Crippen molar-refractivity contribution >= 4 is 29.0 Å². The second-order valence-electron chi connectivity index (χ2n) is 4.64. The van der Waals surface area contributed by atoms with Crippen molar-refractivity contribution in [2.75, 3.05) is 18.8 Å². The van der Waals surface area contributed by atoms with E-state index in [0.29, 0.717) is 5.25 Å². The van der Waals surface area contributed by atoms with Gasteiger partial charge in [-0.05, 0) is 17.9 Å². The van der Waals surface area contributed by atoms with Crippen molar-refractivity contribution in [2.24, 2.45) is 0 Å². The van der Waals surface area contributed by atoms with E-state index < -0.39 is 0 Å². The number of thiophene rings is 1. The molecule has 0 radical (unpaired) electrons. The summed E-state index contributed by atoms with van der Waals surface area (Å²) in [6, 6.07) is 4.29. The first-order chi connectivity index (χ1) is 9.83. The SMILES string of the molecule is O=C(Cn1cncn1)N1CCS[C@@H](c2cccs2)CC1. The average molecular weight is 308 g/mol. The maximum absolute atomic E-state index is 12.2. The van der Waals surface area contributed by atoms with E-state index in [2.05, 4.69) is 27.6 Å². The van der Waals surface area contributed by atoms with Crippen LogP contribution in [0.1, 0.15) is 16.5 Å². The smallest absolute Gasteiger partial charge is 0.244 e. The van der Waals surface area contributed by atoms with E-state index in [1.54, 1.807) is 22.3 Å². The number of hydrogen-bond acceptors (Lipinski definition) is 5. The van der Waals surface area contributed by atoms with Gasteiger partial charge in [-0.1, -0.05) is 6.07 Å². The van der Waals surface area contributed by atoms with Crippen LogP contribution in [0.2, 0.25) is 0 Å². The Kier molecular flexibility index (Phi) is 4.37. The van der Waals surface area contributed by atoms with Crippen molar-refractivity contribution in [2.45, 2.75) is 18.2 Å². The Morgan fingerprint density at radius 3 is 3.15 bits per heavy atom. The van der Waals surface area contributed by atoms with Gasteiger partial charge in [0.15, 0.2) is 0 Å². The largest absolute Gasteiger partial charge is 0.340 e. The highest BCUT2D eigenvalue weighted by atomic mass is 32.2.